The van der Waals surface area contributed by atoms with Gasteiger partial charge in [-0.25, -0.2) is 4.99 Å². The van der Waals surface area contributed by atoms with Crippen molar-refractivity contribution in [1.29, 1.82) is 0 Å². The van der Waals surface area contributed by atoms with Gasteiger partial charge in [0.25, 0.3) is 0 Å². The number of hydrogen-bond donors (Lipinski definition) is 2. The fourth-order valence-electron chi connectivity index (χ4n) is 7.81. The number of Topliss-reactive ketones (excluding diaryl/α,β-unsaturated/α-hetero) is 1. The molecule has 3 fully saturated rings. The fraction of sp³-hybridized carbons (Fsp3) is 0.696. The molecule has 0 radical (unpaired) electrons. The van der Waals surface area contributed by atoms with E-state index in [9.17, 15) is 19.8 Å². The number of aliphatic imine (C=N–C) groups is 1. The molecule has 5 unspecified atom stereocenters. The minimum atomic E-state index is -1.11. The Morgan fingerprint density at radius 1 is 1.38 bits per heavy atom. The summed E-state index contributed by atoms with van der Waals surface area (Å²) in [5, 5.41) is 21.2. The third-order valence-corrected chi connectivity index (χ3v) is 8.91. The van der Waals surface area contributed by atoms with Crippen molar-refractivity contribution in [3.8, 4) is 0 Å². The SMILES string of the molecule is CC1=NC2(C(=O)CO)C(CC3C4CCC5=CC(=O)C=C[C@]5(C)C4[C@@H](O)C[C@@]32C)O1. The van der Waals surface area contributed by atoms with E-state index >= 15 is 0 Å². The smallest absolute Gasteiger partial charge is 0.190 e. The lowest BCUT2D eigenvalue weighted by Gasteiger charge is -2.59. The molecule has 1 aliphatic heterocycles. The number of carbonyl (C=O) groups excluding carboxylic acids is 2. The lowest BCUT2D eigenvalue weighted by Crippen LogP contribution is -2.62. The molecular formula is C23H29NO5. The molecule has 6 heteroatoms. The summed E-state index contributed by atoms with van der Waals surface area (Å²) < 4.78 is 6.00. The number of hydrogen-bond acceptors (Lipinski definition) is 6. The number of aliphatic hydroxyl groups excluding tert-OH is 2. The number of fused-ring (bicyclic) bond motifs is 7. The first-order chi connectivity index (χ1) is 13.7. The summed E-state index contributed by atoms with van der Waals surface area (Å²) >= 11 is 0. The summed E-state index contributed by atoms with van der Waals surface area (Å²) in [4.78, 5) is 29.7. The summed E-state index contributed by atoms with van der Waals surface area (Å²) in [5.74, 6) is 0.570. The summed E-state index contributed by atoms with van der Waals surface area (Å²) in [5.41, 5.74) is -0.915. The van der Waals surface area contributed by atoms with Crippen LogP contribution in [0, 0.1) is 28.6 Å². The number of ether oxygens (including phenoxy) is 1. The Bertz CT molecular complexity index is 890. The molecule has 6 nitrogen and oxygen atoms in total. The number of allylic oxidation sites excluding steroid dienone is 4. The van der Waals surface area contributed by atoms with Crippen LogP contribution < -0.4 is 0 Å². The first-order valence-electron chi connectivity index (χ1n) is 10.7. The average Bonchev–Trinajstić information content (AvgIpc) is 3.12. The predicted octanol–water partition coefficient (Wildman–Crippen LogP) is 1.99. The van der Waals surface area contributed by atoms with Crippen LogP contribution in [0.3, 0.4) is 0 Å². The van der Waals surface area contributed by atoms with Crippen molar-refractivity contribution >= 4 is 17.5 Å². The molecule has 0 aromatic carbocycles. The highest BCUT2D eigenvalue weighted by atomic mass is 16.5. The van der Waals surface area contributed by atoms with Gasteiger partial charge in [-0.2, -0.15) is 0 Å². The molecule has 0 aromatic rings. The number of nitrogens with zero attached hydrogens (tertiary/aromatic N) is 1. The molecule has 2 N–H and O–H groups in total. The van der Waals surface area contributed by atoms with Crippen LogP contribution in [0.2, 0.25) is 0 Å². The molecule has 4 aliphatic carbocycles. The van der Waals surface area contributed by atoms with Crippen LogP contribution in [0.1, 0.15) is 46.5 Å². The van der Waals surface area contributed by atoms with E-state index in [4.69, 9.17) is 9.73 Å². The van der Waals surface area contributed by atoms with Crippen molar-refractivity contribution < 1.29 is 24.5 Å². The Morgan fingerprint density at radius 3 is 2.86 bits per heavy atom. The summed E-state index contributed by atoms with van der Waals surface area (Å²) in [6, 6.07) is 0. The Morgan fingerprint density at radius 2 is 2.14 bits per heavy atom. The van der Waals surface area contributed by atoms with Gasteiger partial charge in [0.05, 0.1) is 6.10 Å². The second-order valence-electron chi connectivity index (χ2n) is 10.0. The van der Waals surface area contributed by atoms with Gasteiger partial charge in [-0.15, -0.1) is 0 Å². The highest BCUT2D eigenvalue weighted by molar-refractivity contribution is 6.01. The van der Waals surface area contributed by atoms with Gasteiger partial charge < -0.3 is 14.9 Å². The van der Waals surface area contributed by atoms with E-state index in [2.05, 4.69) is 13.8 Å². The van der Waals surface area contributed by atoms with Crippen LogP contribution in [0.5, 0.6) is 0 Å². The van der Waals surface area contributed by atoms with Crippen LogP contribution in [0.4, 0.5) is 0 Å². The van der Waals surface area contributed by atoms with Crippen LogP contribution in [-0.4, -0.2) is 52.0 Å². The third kappa shape index (κ3) is 2.17. The molecule has 0 amide bonds. The minimum Gasteiger partial charge on any atom is -0.475 e. The largest absolute Gasteiger partial charge is 0.475 e. The monoisotopic (exact) mass is 399 g/mol. The summed E-state index contributed by atoms with van der Waals surface area (Å²) in [6.45, 7) is 5.38. The zero-order valence-corrected chi connectivity index (χ0v) is 17.2. The van der Waals surface area contributed by atoms with E-state index in [1.807, 2.05) is 6.08 Å². The molecule has 3 saturated carbocycles. The Kier molecular flexibility index (Phi) is 3.89. The maximum atomic E-state index is 13.0. The normalized spacial score (nSPS) is 50.0. The second kappa shape index (κ2) is 5.88. The standard InChI is InChI=1S/C23H29NO5/c1-12-24-23(18(28)11-25)19(29-12)9-16-15-5-4-13-8-14(26)6-7-21(13,2)20(15)17(27)10-22(16,23)3/h6-8,15-17,19-20,25,27H,4-5,9-11H2,1-3H3/t15?,16?,17-,19?,20?,21-,22-,23?/m0/s1. The molecule has 0 bridgehead atoms. The molecular weight excluding hydrogens is 370 g/mol. The number of ketones is 2. The minimum absolute atomic E-state index is 0.00453. The molecule has 156 valence electrons. The topological polar surface area (TPSA) is 96.2 Å². The van der Waals surface area contributed by atoms with E-state index in [0.29, 0.717) is 18.7 Å². The van der Waals surface area contributed by atoms with Crippen LogP contribution in [-0.2, 0) is 14.3 Å². The zero-order chi connectivity index (χ0) is 20.8. The van der Waals surface area contributed by atoms with Crippen molar-refractivity contribution in [1.82, 2.24) is 0 Å². The van der Waals surface area contributed by atoms with Crippen LogP contribution in [0.15, 0.2) is 28.8 Å². The maximum absolute atomic E-state index is 13.0. The molecule has 0 aromatic heterocycles. The highest BCUT2D eigenvalue weighted by Gasteiger charge is 2.74. The molecule has 0 saturated heterocycles. The fourth-order valence-corrected chi connectivity index (χ4v) is 7.81. The average molecular weight is 399 g/mol. The van der Waals surface area contributed by atoms with Crippen molar-refractivity contribution in [3.63, 3.8) is 0 Å². The molecule has 1 heterocycles. The van der Waals surface area contributed by atoms with Gasteiger partial charge in [-0.3, -0.25) is 9.59 Å². The van der Waals surface area contributed by atoms with Gasteiger partial charge in [0.1, 0.15) is 12.7 Å². The van der Waals surface area contributed by atoms with Crippen LogP contribution in [0.25, 0.3) is 0 Å². The molecule has 5 aliphatic rings. The van der Waals surface area contributed by atoms with E-state index in [-0.39, 0.29) is 40.8 Å². The first kappa shape index (κ1) is 19.2. The predicted molar refractivity (Wildman–Crippen MR) is 106 cm³/mol. The van der Waals surface area contributed by atoms with E-state index in [1.165, 1.54) is 0 Å². The molecule has 8 atom stereocenters. The van der Waals surface area contributed by atoms with Gasteiger partial charge in [-0.1, -0.05) is 25.5 Å². The highest BCUT2D eigenvalue weighted by Crippen LogP contribution is 2.69. The van der Waals surface area contributed by atoms with Crippen molar-refractivity contribution in [2.24, 2.45) is 33.6 Å². The maximum Gasteiger partial charge on any atom is 0.190 e. The number of aliphatic hydroxyl groups is 2. The van der Waals surface area contributed by atoms with Crippen LogP contribution >= 0.6 is 0 Å². The van der Waals surface area contributed by atoms with Gasteiger partial charge in [0.15, 0.2) is 23.0 Å². The number of carbonyl (C=O) groups is 2. The molecule has 29 heavy (non-hydrogen) atoms. The van der Waals surface area contributed by atoms with Gasteiger partial charge >= 0.3 is 0 Å². The van der Waals surface area contributed by atoms with Gasteiger partial charge in [-0.05, 0) is 49.7 Å². The van der Waals surface area contributed by atoms with E-state index in [0.717, 1.165) is 18.4 Å². The van der Waals surface area contributed by atoms with Crippen molar-refractivity contribution in [3.05, 3.63) is 23.8 Å². The second-order valence-corrected chi connectivity index (χ2v) is 10.0. The first-order valence-corrected chi connectivity index (χ1v) is 10.7. The Hall–Kier alpha value is -1.79. The number of rotatable bonds is 2. The van der Waals surface area contributed by atoms with E-state index < -0.39 is 23.7 Å². The summed E-state index contributed by atoms with van der Waals surface area (Å²) in [7, 11) is 0. The third-order valence-electron chi connectivity index (χ3n) is 8.91. The molecule has 5 rings (SSSR count). The van der Waals surface area contributed by atoms with E-state index in [1.54, 1.807) is 19.1 Å². The van der Waals surface area contributed by atoms with Gasteiger partial charge in [0, 0.05) is 23.7 Å². The van der Waals surface area contributed by atoms with Gasteiger partial charge in [0.2, 0.25) is 0 Å². The quantitative estimate of drug-likeness (QED) is 0.740. The summed E-state index contributed by atoms with van der Waals surface area (Å²) in [6.07, 6.45) is 7.20. The Labute approximate surface area is 170 Å². The lowest BCUT2D eigenvalue weighted by molar-refractivity contribution is -0.146. The zero-order valence-electron chi connectivity index (χ0n) is 17.2. The van der Waals surface area contributed by atoms with Crippen molar-refractivity contribution in [2.45, 2.75) is 64.2 Å². The molecule has 0 spiro atoms. The lowest BCUT2D eigenvalue weighted by atomic mass is 9.46. The van der Waals surface area contributed by atoms with Crippen molar-refractivity contribution in [2.75, 3.05) is 6.61 Å². The Balaban J connectivity index is 1.61.